The largest absolute Gasteiger partial charge is 0.0651 e. The van der Waals surface area contributed by atoms with E-state index in [9.17, 15) is 0 Å². The highest BCUT2D eigenvalue weighted by Crippen LogP contribution is 2.59. The molecule has 0 aromatic carbocycles. The molecule has 1 aliphatic carbocycles. The summed E-state index contributed by atoms with van der Waals surface area (Å²) in [6.07, 6.45) is 1.38. The van der Waals surface area contributed by atoms with Gasteiger partial charge < -0.3 is 0 Å². The fourth-order valence-electron chi connectivity index (χ4n) is 2.79. The predicted molar refractivity (Wildman–Crippen MR) is 55.1 cm³/mol. The standard InChI is InChI=1S/C12H24/c1-7-10-9(4)11(10)12(5,6)8(2)3/h8-11H,7H2,1-6H3. The Balaban J connectivity index is 2.60. The maximum Gasteiger partial charge on any atom is -0.0297 e. The van der Waals surface area contributed by atoms with E-state index in [1.807, 2.05) is 0 Å². The van der Waals surface area contributed by atoms with Gasteiger partial charge in [0.15, 0.2) is 0 Å². The summed E-state index contributed by atoms with van der Waals surface area (Å²) in [6, 6.07) is 0. The fraction of sp³-hybridized carbons (Fsp3) is 1.00. The van der Waals surface area contributed by atoms with Crippen LogP contribution in [0.2, 0.25) is 0 Å². The molecular formula is C12H24. The maximum atomic E-state index is 2.44. The molecule has 0 radical (unpaired) electrons. The van der Waals surface area contributed by atoms with E-state index >= 15 is 0 Å². The van der Waals surface area contributed by atoms with Gasteiger partial charge >= 0.3 is 0 Å². The summed E-state index contributed by atoms with van der Waals surface area (Å²) in [4.78, 5) is 0. The molecule has 0 aromatic heterocycles. The molecule has 3 atom stereocenters. The Kier molecular flexibility index (Phi) is 2.56. The summed E-state index contributed by atoms with van der Waals surface area (Å²) in [5, 5.41) is 0. The second-order valence-corrected chi connectivity index (χ2v) is 5.43. The van der Waals surface area contributed by atoms with E-state index in [0.29, 0.717) is 5.41 Å². The van der Waals surface area contributed by atoms with Crippen molar-refractivity contribution in [2.45, 2.75) is 48.0 Å². The third-order valence-electron chi connectivity index (χ3n) is 4.38. The molecule has 0 heteroatoms. The Morgan fingerprint density at radius 1 is 1.25 bits per heavy atom. The van der Waals surface area contributed by atoms with Crippen LogP contribution < -0.4 is 0 Å². The zero-order valence-electron chi connectivity index (χ0n) is 9.52. The average molecular weight is 168 g/mol. The van der Waals surface area contributed by atoms with Gasteiger partial charge in [0.2, 0.25) is 0 Å². The highest BCUT2D eigenvalue weighted by atomic mass is 14.6. The molecule has 1 rings (SSSR count). The minimum atomic E-state index is 0.556. The van der Waals surface area contributed by atoms with Crippen LogP contribution in [0.25, 0.3) is 0 Å². The third kappa shape index (κ3) is 1.41. The Morgan fingerprint density at radius 2 is 1.75 bits per heavy atom. The van der Waals surface area contributed by atoms with Crippen molar-refractivity contribution in [2.75, 3.05) is 0 Å². The quantitative estimate of drug-likeness (QED) is 0.598. The van der Waals surface area contributed by atoms with Gasteiger partial charge in [0.05, 0.1) is 0 Å². The summed E-state index contributed by atoms with van der Waals surface area (Å²) >= 11 is 0. The molecule has 0 spiro atoms. The molecular weight excluding hydrogens is 144 g/mol. The molecule has 12 heavy (non-hydrogen) atoms. The molecule has 0 bridgehead atoms. The Morgan fingerprint density at radius 3 is 2.00 bits per heavy atom. The zero-order valence-corrected chi connectivity index (χ0v) is 9.52. The van der Waals surface area contributed by atoms with Crippen molar-refractivity contribution >= 4 is 0 Å². The van der Waals surface area contributed by atoms with Crippen LogP contribution in [-0.4, -0.2) is 0 Å². The van der Waals surface area contributed by atoms with Crippen molar-refractivity contribution in [1.82, 2.24) is 0 Å². The van der Waals surface area contributed by atoms with Crippen molar-refractivity contribution in [3.63, 3.8) is 0 Å². The highest BCUT2D eigenvalue weighted by molar-refractivity contribution is 5.02. The monoisotopic (exact) mass is 168 g/mol. The van der Waals surface area contributed by atoms with Gasteiger partial charge in [-0.25, -0.2) is 0 Å². The molecule has 1 saturated carbocycles. The lowest BCUT2D eigenvalue weighted by Gasteiger charge is -2.30. The van der Waals surface area contributed by atoms with Gasteiger partial charge in [-0.3, -0.25) is 0 Å². The molecule has 0 aromatic rings. The fourth-order valence-corrected chi connectivity index (χ4v) is 2.79. The number of hydrogen-bond acceptors (Lipinski definition) is 0. The molecule has 0 heterocycles. The molecule has 1 fully saturated rings. The van der Waals surface area contributed by atoms with Crippen LogP contribution in [0.1, 0.15) is 48.0 Å². The molecule has 0 aliphatic heterocycles. The predicted octanol–water partition coefficient (Wildman–Crippen LogP) is 3.96. The summed E-state index contributed by atoms with van der Waals surface area (Å²) in [5.41, 5.74) is 0.556. The lowest BCUT2D eigenvalue weighted by Crippen LogP contribution is -2.23. The van der Waals surface area contributed by atoms with Crippen LogP contribution in [0.15, 0.2) is 0 Å². The minimum absolute atomic E-state index is 0.556. The first-order valence-electron chi connectivity index (χ1n) is 5.42. The van der Waals surface area contributed by atoms with Crippen LogP contribution in [0.4, 0.5) is 0 Å². The second-order valence-electron chi connectivity index (χ2n) is 5.43. The van der Waals surface area contributed by atoms with Crippen LogP contribution in [0, 0.1) is 29.1 Å². The SMILES string of the molecule is CCC1C(C)C1C(C)(C)C(C)C. The lowest BCUT2D eigenvalue weighted by molar-refractivity contribution is 0.189. The number of hydrogen-bond donors (Lipinski definition) is 0. The van der Waals surface area contributed by atoms with E-state index in [1.54, 1.807) is 0 Å². The normalized spacial score (nSPS) is 35.8. The topological polar surface area (TPSA) is 0 Å². The molecule has 3 unspecified atom stereocenters. The Bertz CT molecular complexity index is 155. The first kappa shape index (κ1) is 10.1. The van der Waals surface area contributed by atoms with Crippen molar-refractivity contribution in [2.24, 2.45) is 29.1 Å². The zero-order chi connectivity index (χ0) is 9.52. The van der Waals surface area contributed by atoms with Gasteiger partial charge in [-0.1, -0.05) is 48.0 Å². The maximum absolute atomic E-state index is 2.44. The Hall–Kier alpha value is 0. The first-order chi connectivity index (χ1) is 5.42. The van der Waals surface area contributed by atoms with Crippen LogP contribution in [0.5, 0.6) is 0 Å². The van der Waals surface area contributed by atoms with Gasteiger partial charge in [-0.2, -0.15) is 0 Å². The average Bonchev–Trinajstić information content (AvgIpc) is 2.61. The first-order valence-corrected chi connectivity index (χ1v) is 5.42. The van der Waals surface area contributed by atoms with Gasteiger partial charge in [-0.15, -0.1) is 0 Å². The van der Waals surface area contributed by atoms with E-state index in [0.717, 1.165) is 23.7 Å². The van der Waals surface area contributed by atoms with E-state index in [4.69, 9.17) is 0 Å². The Labute approximate surface area is 77.7 Å². The highest BCUT2D eigenvalue weighted by Gasteiger charge is 2.53. The molecule has 1 aliphatic rings. The van der Waals surface area contributed by atoms with Crippen LogP contribution in [0.3, 0.4) is 0 Å². The van der Waals surface area contributed by atoms with E-state index in [1.165, 1.54) is 6.42 Å². The minimum Gasteiger partial charge on any atom is -0.0651 e. The summed E-state index contributed by atoms with van der Waals surface area (Å²) in [6.45, 7) is 14.3. The van der Waals surface area contributed by atoms with Crippen LogP contribution >= 0.6 is 0 Å². The van der Waals surface area contributed by atoms with E-state index in [2.05, 4.69) is 41.5 Å². The van der Waals surface area contributed by atoms with Gasteiger partial charge in [0, 0.05) is 0 Å². The summed E-state index contributed by atoms with van der Waals surface area (Å²) < 4.78 is 0. The molecule has 0 amide bonds. The van der Waals surface area contributed by atoms with Gasteiger partial charge in [0.1, 0.15) is 0 Å². The molecule has 0 nitrogen and oxygen atoms in total. The number of rotatable bonds is 3. The van der Waals surface area contributed by atoms with Crippen molar-refractivity contribution in [3.05, 3.63) is 0 Å². The van der Waals surface area contributed by atoms with Gasteiger partial charge in [0.25, 0.3) is 0 Å². The van der Waals surface area contributed by atoms with Crippen molar-refractivity contribution in [1.29, 1.82) is 0 Å². The van der Waals surface area contributed by atoms with Crippen molar-refractivity contribution in [3.8, 4) is 0 Å². The van der Waals surface area contributed by atoms with E-state index < -0.39 is 0 Å². The van der Waals surface area contributed by atoms with Gasteiger partial charge in [-0.05, 0) is 29.1 Å². The lowest BCUT2D eigenvalue weighted by atomic mass is 9.75. The smallest absolute Gasteiger partial charge is 0.0297 e. The molecule has 72 valence electrons. The summed E-state index contributed by atoms with van der Waals surface area (Å²) in [7, 11) is 0. The molecule has 0 saturated heterocycles. The van der Waals surface area contributed by atoms with Crippen molar-refractivity contribution < 1.29 is 0 Å². The third-order valence-corrected chi connectivity index (χ3v) is 4.38. The summed E-state index contributed by atoms with van der Waals surface area (Å²) in [5.74, 6) is 3.80. The van der Waals surface area contributed by atoms with E-state index in [-0.39, 0.29) is 0 Å². The van der Waals surface area contributed by atoms with Crippen LogP contribution in [-0.2, 0) is 0 Å². The second kappa shape index (κ2) is 3.05. The molecule has 0 N–H and O–H groups in total.